The van der Waals surface area contributed by atoms with Gasteiger partial charge < -0.3 is 19.1 Å². The third-order valence-corrected chi connectivity index (χ3v) is 9.83. The Kier molecular flexibility index (Phi) is 8.44. The van der Waals surface area contributed by atoms with E-state index in [4.69, 9.17) is 21.1 Å². The molecule has 0 bridgehead atoms. The summed E-state index contributed by atoms with van der Waals surface area (Å²) in [6.07, 6.45) is -4.43. The lowest BCUT2D eigenvalue weighted by molar-refractivity contribution is -0.275. The number of halogens is 4. The number of sulfonamides is 1. The molecule has 2 aliphatic rings. The van der Waals surface area contributed by atoms with Crippen LogP contribution in [0.3, 0.4) is 0 Å². The van der Waals surface area contributed by atoms with Gasteiger partial charge in [-0.2, -0.15) is 0 Å². The molecular formula is C30H29ClF3N3O7S. The highest BCUT2D eigenvalue weighted by Gasteiger charge is 2.63. The van der Waals surface area contributed by atoms with Gasteiger partial charge in [0.1, 0.15) is 16.4 Å². The number of methoxy groups -OCH3 is 2. The topological polar surface area (TPSA) is 106 Å². The van der Waals surface area contributed by atoms with Gasteiger partial charge in [-0.1, -0.05) is 29.8 Å². The average molecular weight is 668 g/mol. The second-order valence-electron chi connectivity index (χ2n) is 10.6. The molecule has 5 rings (SSSR count). The van der Waals surface area contributed by atoms with Crippen molar-refractivity contribution in [1.29, 1.82) is 0 Å². The maximum Gasteiger partial charge on any atom is 0.573 e. The number of rotatable bonds is 8. The first-order valence-electron chi connectivity index (χ1n) is 13.6. The van der Waals surface area contributed by atoms with Gasteiger partial charge in [0, 0.05) is 42.9 Å². The first-order chi connectivity index (χ1) is 21.2. The third-order valence-electron chi connectivity index (χ3n) is 7.86. The summed E-state index contributed by atoms with van der Waals surface area (Å²) in [4.78, 5) is 30.7. The molecule has 45 heavy (non-hydrogen) atoms. The molecule has 1 saturated heterocycles. The molecule has 10 nitrogen and oxygen atoms in total. The highest BCUT2D eigenvalue weighted by Crippen LogP contribution is 2.55. The summed E-state index contributed by atoms with van der Waals surface area (Å²) in [6.45, 7) is 0.193. The minimum atomic E-state index is -5.27. The minimum absolute atomic E-state index is 0.110. The number of anilines is 1. The molecule has 1 fully saturated rings. The van der Waals surface area contributed by atoms with Crippen molar-refractivity contribution >= 4 is 39.1 Å². The third kappa shape index (κ3) is 5.34. The quantitative estimate of drug-likeness (QED) is 0.338. The summed E-state index contributed by atoms with van der Waals surface area (Å²) >= 11 is 6.46. The Hall–Kier alpha value is -4.01. The van der Waals surface area contributed by atoms with Crippen molar-refractivity contribution in [3.63, 3.8) is 0 Å². The number of ether oxygens (including phenoxy) is 3. The fourth-order valence-corrected chi connectivity index (χ4v) is 7.81. The van der Waals surface area contributed by atoms with E-state index in [9.17, 15) is 26.4 Å². The Balaban J connectivity index is 1.84. The lowest BCUT2D eigenvalue weighted by Crippen LogP contribution is -2.59. The van der Waals surface area contributed by atoms with Crippen LogP contribution in [0.2, 0.25) is 5.02 Å². The molecule has 0 saturated carbocycles. The van der Waals surface area contributed by atoms with Crippen molar-refractivity contribution in [2.45, 2.75) is 35.7 Å². The lowest BCUT2D eigenvalue weighted by atomic mass is 9.80. The highest BCUT2D eigenvalue weighted by molar-refractivity contribution is 7.93. The first-order valence-corrected chi connectivity index (χ1v) is 15.4. The van der Waals surface area contributed by atoms with E-state index in [1.165, 1.54) is 37.3 Å². The van der Waals surface area contributed by atoms with Crippen LogP contribution in [-0.2, 0) is 25.2 Å². The van der Waals surface area contributed by atoms with Crippen molar-refractivity contribution in [1.82, 2.24) is 9.80 Å². The van der Waals surface area contributed by atoms with Crippen LogP contribution in [0, 0.1) is 0 Å². The number of carbonyl (C=O) groups excluding carboxylic acids is 2. The van der Waals surface area contributed by atoms with Gasteiger partial charge in [-0.3, -0.25) is 14.5 Å². The van der Waals surface area contributed by atoms with Crippen LogP contribution in [0.5, 0.6) is 17.2 Å². The Morgan fingerprint density at radius 1 is 1.00 bits per heavy atom. The summed E-state index contributed by atoms with van der Waals surface area (Å²) in [5.74, 6) is -2.38. The van der Waals surface area contributed by atoms with Gasteiger partial charge in [0.2, 0.25) is 5.91 Å². The van der Waals surface area contributed by atoms with Crippen LogP contribution < -0.4 is 18.5 Å². The van der Waals surface area contributed by atoms with Crippen LogP contribution in [0.15, 0.2) is 65.6 Å². The molecule has 0 aliphatic carbocycles. The number of likely N-dealkylation sites (N-methyl/N-ethyl adjacent to an activating group) is 1. The van der Waals surface area contributed by atoms with Crippen molar-refractivity contribution < 1.29 is 45.4 Å². The number of hydrogen-bond acceptors (Lipinski definition) is 8. The number of carbonyl (C=O) groups is 2. The summed E-state index contributed by atoms with van der Waals surface area (Å²) in [6, 6.07) is 12.5. The molecule has 15 heteroatoms. The number of amides is 2. The summed E-state index contributed by atoms with van der Waals surface area (Å²) in [5.41, 5.74) is -1.83. The van der Waals surface area contributed by atoms with E-state index in [-0.39, 0.29) is 45.8 Å². The lowest BCUT2D eigenvalue weighted by Gasteiger charge is -2.42. The molecule has 0 radical (unpaired) electrons. The fourth-order valence-electron chi connectivity index (χ4n) is 6.08. The molecule has 1 unspecified atom stereocenters. The standard InChI is InChI=1S/C30H29ClF3N3O7S/c1-35(2)27(38)23-9-7-15-36(23)29(20-8-5-6-10-24(20)43-4)21-16-18(31)11-13-22(21)37(28(29)39)45(40,41)26-14-12-19(42-3)17-25(26)44-30(32,33)34/h5-6,8,10-14,16-17,23H,7,9,15H2,1-4H3/t23-,29?/m1/s1. The number of hydrogen-bond donors (Lipinski definition) is 0. The number of alkyl halides is 3. The minimum Gasteiger partial charge on any atom is -0.497 e. The molecule has 3 aromatic carbocycles. The molecule has 2 aliphatic heterocycles. The Bertz CT molecular complexity index is 1770. The zero-order valence-corrected chi connectivity index (χ0v) is 26.2. The van der Waals surface area contributed by atoms with Crippen LogP contribution in [-0.4, -0.2) is 77.3 Å². The number of fused-ring (bicyclic) bond motifs is 1. The largest absolute Gasteiger partial charge is 0.573 e. The van der Waals surface area contributed by atoms with E-state index in [0.29, 0.717) is 17.1 Å². The van der Waals surface area contributed by atoms with E-state index < -0.39 is 44.5 Å². The smallest absolute Gasteiger partial charge is 0.497 e. The van der Waals surface area contributed by atoms with E-state index >= 15 is 4.79 Å². The van der Waals surface area contributed by atoms with Gasteiger partial charge in [-0.15, -0.1) is 13.2 Å². The number of para-hydroxylation sites is 1. The molecular weight excluding hydrogens is 639 g/mol. The molecule has 3 aromatic rings. The monoisotopic (exact) mass is 667 g/mol. The van der Waals surface area contributed by atoms with E-state index in [0.717, 1.165) is 18.2 Å². The van der Waals surface area contributed by atoms with Crippen LogP contribution >= 0.6 is 11.6 Å². The predicted molar refractivity (Wildman–Crippen MR) is 158 cm³/mol. The van der Waals surface area contributed by atoms with E-state index in [2.05, 4.69) is 4.74 Å². The normalized spacial score (nSPS) is 20.2. The number of benzene rings is 3. The summed E-state index contributed by atoms with van der Waals surface area (Å²) < 4.78 is 84.6. The Morgan fingerprint density at radius 2 is 1.71 bits per heavy atom. The van der Waals surface area contributed by atoms with Crippen LogP contribution in [0.1, 0.15) is 24.0 Å². The molecule has 2 atom stereocenters. The average Bonchev–Trinajstić information content (AvgIpc) is 3.56. The highest BCUT2D eigenvalue weighted by atomic mass is 35.5. The van der Waals surface area contributed by atoms with Gasteiger partial charge >= 0.3 is 6.36 Å². The van der Waals surface area contributed by atoms with Gasteiger partial charge in [0.05, 0.1) is 25.9 Å². The van der Waals surface area contributed by atoms with Gasteiger partial charge in [0.25, 0.3) is 15.9 Å². The molecule has 0 spiro atoms. The SMILES string of the molecule is COc1ccc(S(=O)(=O)N2C(=O)C(c3ccccc3OC)(N3CCC[C@@H]3C(=O)N(C)C)c3cc(Cl)ccc32)c(OC(F)(F)F)c1. The predicted octanol–water partition coefficient (Wildman–Crippen LogP) is 4.79. The van der Waals surface area contributed by atoms with Crippen molar-refractivity contribution in [3.8, 4) is 17.2 Å². The van der Waals surface area contributed by atoms with Crippen molar-refractivity contribution in [3.05, 3.63) is 76.8 Å². The molecule has 0 N–H and O–H groups in total. The van der Waals surface area contributed by atoms with Gasteiger partial charge in [-0.05, 0) is 49.2 Å². The molecule has 240 valence electrons. The first kappa shape index (κ1) is 32.4. The second kappa shape index (κ2) is 11.7. The van der Waals surface area contributed by atoms with E-state index in [1.807, 2.05) is 0 Å². The molecule has 0 aromatic heterocycles. The van der Waals surface area contributed by atoms with Crippen molar-refractivity contribution in [2.75, 3.05) is 39.2 Å². The van der Waals surface area contributed by atoms with Crippen LogP contribution in [0.4, 0.5) is 18.9 Å². The fraction of sp³-hybridized carbons (Fsp3) is 0.333. The maximum absolute atomic E-state index is 15.1. The second-order valence-corrected chi connectivity index (χ2v) is 12.8. The zero-order valence-electron chi connectivity index (χ0n) is 24.6. The van der Waals surface area contributed by atoms with Gasteiger partial charge in [-0.25, -0.2) is 12.7 Å². The maximum atomic E-state index is 15.1. The van der Waals surface area contributed by atoms with Gasteiger partial charge in [0.15, 0.2) is 11.3 Å². The van der Waals surface area contributed by atoms with Crippen LogP contribution in [0.25, 0.3) is 0 Å². The number of likely N-dealkylation sites (tertiary alicyclic amines) is 1. The van der Waals surface area contributed by atoms with Crippen molar-refractivity contribution in [2.24, 2.45) is 0 Å². The zero-order chi connectivity index (χ0) is 32.9. The molecule has 2 heterocycles. The molecule has 2 amide bonds. The summed E-state index contributed by atoms with van der Waals surface area (Å²) in [5, 5.41) is 0.153. The summed E-state index contributed by atoms with van der Waals surface area (Å²) in [7, 11) is 0.576. The Morgan fingerprint density at radius 3 is 2.36 bits per heavy atom. The number of nitrogens with zero attached hydrogens (tertiary/aromatic N) is 3. The van der Waals surface area contributed by atoms with E-state index in [1.54, 1.807) is 43.3 Å². The Labute approximate surface area is 262 Å².